The first-order chi connectivity index (χ1) is 14.4. The van der Waals surface area contributed by atoms with Crippen LogP contribution < -0.4 is 20.7 Å². The van der Waals surface area contributed by atoms with Gasteiger partial charge in [0.25, 0.3) is 5.56 Å². The molecule has 0 saturated carbocycles. The lowest BCUT2D eigenvalue weighted by Crippen LogP contribution is -2.52. The van der Waals surface area contributed by atoms with E-state index in [1.54, 1.807) is 11.6 Å². The summed E-state index contributed by atoms with van der Waals surface area (Å²) in [5.41, 5.74) is 3.03. The van der Waals surface area contributed by atoms with E-state index in [0.29, 0.717) is 23.6 Å². The normalized spacial score (nSPS) is 16.3. The van der Waals surface area contributed by atoms with Crippen molar-refractivity contribution in [3.05, 3.63) is 50.7 Å². The Hall–Kier alpha value is -2.83. The highest BCUT2D eigenvalue weighted by Gasteiger charge is 2.35. The van der Waals surface area contributed by atoms with Crippen LogP contribution in [0.15, 0.2) is 33.9 Å². The van der Waals surface area contributed by atoms with E-state index in [4.69, 9.17) is 0 Å². The lowest BCUT2D eigenvalue weighted by molar-refractivity contribution is -0.669. The van der Waals surface area contributed by atoms with Crippen LogP contribution in [0.2, 0.25) is 0 Å². The first-order valence-corrected chi connectivity index (χ1v) is 11.0. The zero-order chi connectivity index (χ0) is 21.4. The molecule has 7 heteroatoms. The maximum absolute atomic E-state index is 13.4. The van der Waals surface area contributed by atoms with Crippen LogP contribution in [-0.2, 0) is 20.1 Å². The van der Waals surface area contributed by atoms with Crippen LogP contribution in [-0.4, -0.2) is 20.7 Å². The fraction of sp³-hybridized carbons (Fsp3) is 0.522. The van der Waals surface area contributed by atoms with Gasteiger partial charge >= 0.3 is 11.6 Å². The topological polar surface area (TPSA) is 66.9 Å². The van der Waals surface area contributed by atoms with Crippen LogP contribution >= 0.6 is 0 Å². The predicted molar refractivity (Wildman–Crippen MR) is 119 cm³/mol. The molecule has 0 unspecified atom stereocenters. The van der Waals surface area contributed by atoms with Crippen molar-refractivity contribution in [1.82, 2.24) is 14.1 Å². The number of aryl methyl sites for hydroxylation is 2. The van der Waals surface area contributed by atoms with Crippen molar-refractivity contribution in [3.8, 4) is 0 Å². The summed E-state index contributed by atoms with van der Waals surface area (Å²) in [6.07, 6.45) is 4.12. The highest BCUT2D eigenvalue weighted by Crippen LogP contribution is 2.28. The van der Waals surface area contributed by atoms with E-state index in [1.807, 2.05) is 0 Å². The van der Waals surface area contributed by atoms with Gasteiger partial charge in [-0.2, -0.15) is 0 Å². The molecule has 0 fully saturated rings. The predicted octanol–water partition coefficient (Wildman–Crippen LogP) is 2.99. The van der Waals surface area contributed by atoms with Crippen molar-refractivity contribution in [2.75, 3.05) is 11.4 Å². The molecule has 1 aliphatic heterocycles. The van der Waals surface area contributed by atoms with Gasteiger partial charge in [-0.05, 0) is 25.5 Å². The third-order valence-corrected chi connectivity index (χ3v) is 6.11. The van der Waals surface area contributed by atoms with E-state index >= 15 is 0 Å². The van der Waals surface area contributed by atoms with Crippen molar-refractivity contribution in [1.29, 1.82) is 0 Å². The zero-order valence-electron chi connectivity index (χ0n) is 18.4. The Morgan fingerprint density at radius 3 is 2.57 bits per heavy atom. The highest BCUT2D eigenvalue weighted by molar-refractivity contribution is 5.70. The van der Waals surface area contributed by atoms with E-state index in [2.05, 4.69) is 59.5 Å². The number of anilines is 2. The van der Waals surface area contributed by atoms with Gasteiger partial charge in [0.15, 0.2) is 0 Å². The molecule has 30 heavy (non-hydrogen) atoms. The third kappa shape index (κ3) is 3.46. The molecule has 1 atom stereocenters. The van der Waals surface area contributed by atoms with Gasteiger partial charge in [-0.25, -0.2) is 19.2 Å². The maximum atomic E-state index is 13.4. The Balaban J connectivity index is 1.86. The van der Waals surface area contributed by atoms with Gasteiger partial charge in [0.1, 0.15) is 5.69 Å². The first-order valence-electron chi connectivity index (χ1n) is 11.0. The maximum Gasteiger partial charge on any atom is 0.364 e. The average molecular weight is 411 g/mol. The third-order valence-electron chi connectivity index (χ3n) is 6.11. The number of hydrogen-bond acceptors (Lipinski definition) is 3. The second kappa shape index (κ2) is 8.13. The lowest BCUT2D eigenvalue weighted by atomic mass is 10.1. The Morgan fingerprint density at radius 1 is 1.13 bits per heavy atom. The molecule has 0 aliphatic carbocycles. The van der Waals surface area contributed by atoms with E-state index in [9.17, 15) is 9.59 Å². The zero-order valence-corrected chi connectivity index (χ0v) is 18.4. The van der Waals surface area contributed by atoms with Gasteiger partial charge in [0.05, 0.1) is 13.1 Å². The second-order valence-electron chi connectivity index (χ2n) is 8.67. The number of imidazole rings is 1. The van der Waals surface area contributed by atoms with Crippen LogP contribution in [0.5, 0.6) is 0 Å². The van der Waals surface area contributed by atoms with Gasteiger partial charge in [-0.3, -0.25) is 13.9 Å². The number of aromatic amines is 1. The van der Waals surface area contributed by atoms with Gasteiger partial charge < -0.3 is 0 Å². The number of fused-ring (bicyclic) bond motifs is 3. The summed E-state index contributed by atoms with van der Waals surface area (Å²) in [4.78, 5) is 31.9. The summed E-state index contributed by atoms with van der Waals surface area (Å²) in [6, 6.07) is 8.41. The Morgan fingerprint density at radius 2 is 1.87 bits per heavy atom. The number of benzene rings is 1. The number of hydrogen-bond donors (Lipinski definition) is 1. The Bertz CT molecular complexity index is 1170. The highest BCUT2D eigenvalue weighted by atomic mass is 16.2. The summed E-state index contributed by atoms with van der Waals surface area (Å²) in [6.45, 7) is 8.50. The van der Waals surface area contributed by atoms with Crippen molar-refractivity contribution in [2.24, 2.45) is 13.0 Å². The molecule has 0 amide bonds. The summed E-state index contributed by atoms with van der Waals surface area (Å²) < 4.78 is 5.06. The first kappa shape index (κ1) is 20.4. The molecule has 3 heterocycles. The molecule has 0 spiro atoms. The van der Waals surface area contributed by atoms with E-state index in [0.717, 1.165) is 50.4 Å². The van der Waals surface area contributed by atoms with Crippen molar-refractivity contribution < 1.29 is 4.57 Å². The van der Waals surface area contributed by atoms with Crippen LogP contribution in [0.25, 0.3) is 11.2 Å². The van der Waals surface area contributed by atoms with Crippen molar-refractivity contribution >= 4 is 22.8 Å². The molecular weight excluding hydrogens is 378 g/mol. The summed E-state index contributed by atoms with van der Waals surface area (Å²) in [7, 11) is 1.74. The number of aromatic nitrogens is 4. The fourth-order valence-electron chi connectivity index (χ4n) is 4.42. The van der Waals surface area contributed by atoms with Crippen molar-refractivity contribution in [2.45, 2.75) is 59.5 Å². The lowest BCUT2D eigenvalue weighted by Gasteiger charge is -2.26. The molecule has 1 aliphatic rings. The second-order valence-corrected chi connectivity index (χ2v) is 8.67. The molecule has 0 radical (unpaired) electrons. The molecule has 1 aromatic carbocycles. The molecular formula is C23H32N5O2+. The van der Waals surface area contributed by atoms with Crippen molar-refractivity contribution in [3.63, 3.8) is 0 Å². The largest absolute Gasteiger partial charge is 0.364 e. The molecule has 3 aromatic rings. The minimum absolute atomic E-state index is 0.190. The minimum atomic E-state index is -0.252. The monoisotopic (exact) mass is 410 g/mol. The van der Waals surface area contributed by atoms with Gasteiger partial charge in [-0.1, -0.05) is 50.8 Å². The molecule has 7 nitrogen and oxygen atoms in total. The molecule has 4 rings (SSSR count). The summed E-state index contributed by atoms with van der Waals surface area (Å²) in [5.74, 6) is 1.24. The molecule has 0 bridgehead atoms. The van der Waals surface area contributed by atoms with Crippen LogP contribution in [0.1, 0.15) is 45.1 Å². The number of nitrogens with zero attached hydrogens (tertiary/aromatic N) is 4. The molecule has 0 saturated heterocycles. The van der Waals surface area contributed by atoms with E-state index in [-0.39, 0.29) is 11.2 Å². The SMILES string of the molecule is CCCCCCn1c(=O)c2c([nH]c3[n+]2C[C@H](C)CN3c2ccc(C)cc2)n(C)c1=O. The quantitative estimate of drug-likeness (QED) is 0.502. The number of H-pyrrole nitrogens is 1. The fourth-order valence-corrected chi connectivity index (χ4v) is 4.42. The number of rotatable bonds is 6. The van der Waals surface area contributed by atoms with E-state index < -0.39 is 0 Å². The average Bonchev–Trinajstić information content (AvgIpc) is 3.11. The standard InChI is InChI=1S/C23H31N5O2/c1-5-6-7-8-13-26-21(29)19-20(25(4)23(26)30)24-22-27(14-17(3)15-28(19)22)18-11-9-16(2)10-12-18/h9-12,17H,5-8,13-15H2,1-4H3/p+1/t17-/m1/s1. The van der Waals surface area contributed by atoms with Gasteiger partial charge in [-0.15, -0.1) is 0 Å². The smallest absolute Gasteiger partial charge is 0.267 e. The molecule has 2 aromatic heterocycles. The van der Waals surface area contributed by atoms with Gasteiger partial charge in [0.2, 0.25) is 11.2 Å². The Kier molecular flexibility index (Phi) is 5.54. The number of nitrogens with one attached hydrogen (secondary N) is 1. The van der Waals surface area contributed by atoms with Crippen LogP contribution in [0.4, 0.5) is 11.6 Å². The summed E-state index contributed by atoms with van der Waals surface area (Å²) >= 11 is 0. The molecule has 160 valence electrons. The van der Waals surface area contributed by atoms with Crippen LogP contribution in [0, 0.1) is 12.8 Å². The number of unbranched alkanes of at least 4 members (excludes halogenated alkanes) is 3. The Labute approximate surface area is 176 Å². The summed E-state index contributed by atoms with van der Waals surface area (Å²) in [5, 5.41) is 0. The molecule has 1 N–H and O–H groups in total. The van der Waals surface area contributed by atoms with Crippen LogP contribution in [0.3, 0.4) is 0 Å². The van der Waals surface area contributed by atoms with E-state index in [1.165, 1.54) is 10.1 Å². The van der Waals surface area contributed by atoms with Gasteiger partial charge in [0, 0.05) is 19.5 Å². The minimum Gasteiger partial charge on any atom is -0.267 e.